The van der Waals surface area contributed by atoms with E-state index >= 15 is 4.39 Å². The van der Waals surface area contributed by atoms with E-state index in [1.807, 2.05) is 0 Å². The van der Waals surface area contributed by atoms with E-state index in [9.17, 15) is 22.3 Å². The van der Waals surface area contributed by atoms with E-state index in [1.54, 1.807) is 41.3 Å². The smallest absolute Gasteiger partial charge is 0.357 e. The second-order valence-corrected chi connectivity index (χ2v) is 11.8. The Kier molecular flexibility index (Phi) is 7.99. The van der Waals surface area contributed by atoms with Gasteiger partial charge in [0.1, 0.15) is 22.3 Å². The zero-order chi connectivity index (χ0) is 30.2. The summed E-state index contributed by atoms with van der Waals surface area (Å²) in [6.07, 6.45) is 1.96. The van der Waals surface area contributed by atoms with Crippen molar-refractivity contribution < 1.29 is 31.5 Å². The summed E-state index contributed by atoms with van der Waals surface area (Å²) in [5.41, 5.74) is 3.83. The molecule has 1 aliphatic rings. The Balaban J connectivity index is 1.53. The van der Waals surface area contributed by atoms with E-state index in [-0.39, 0.29) is 35.1 Å². The molecule has 6 rings (SSSR count). The van der Waals surface area contributed by atoms with Crippen molar-refractivity contribution in [2.24, 2.45) is 0 Å². The third kappa shape index (κ3) is 5.90. The number of thiazole rings is 1. The number of halogens is 3. The lowest BCUT2D eigenvalue weighted by Crippen LogP contribution is -2.07. The van der Waals surface area contributed by atoms with Gasteiger partial charge >= 0.3 is 5.97 Å². The van der Waals surface area contributed by atoms with E-state index < -0.39 is 34.5 Å². The van der Waals surface area contributed by atoms with Gasteiger partial charge in [-0.15, -0.1) is 11.3 Å². The second-order valence-electron chi connectivity index (χ2n) is 10.0. The largest absolute Gasteiger partial charge is 0.461 e. The molecule has 1 atom stereocenters. The SMILES string of the molecule is CCOC(=O)c1csc(-n2nc(-c3ccc(F)c(-c4cccc(F)c4)c3)c(Cc3ccc(S(=O)O)c(F)c3)c2C2CC2)n1. The van der Waals surface area contributed by atoms with Gasteiger partial charge in [-0.25, -0.2) is 31.8 Å². The lowest BCUT2D eigenvalue weighted by Gasteiger charge is -2.10. The topological polar surface area (TPSA) is 94.3 Å². The highest BCUT2D eigenvalue weighted by Gasteiger charge is 2.34. The number of carbonyl (C=O) groups is 1. The Morgan fingerprint density at radius 1 is 1.07 bits per heavy atom. The van der Waals surface area contributed by atoms with Crippen molar-refractivity contribution in [2.45, 2.75) is 37.0 Å². The van der Waals surface area contributed by atoms with Gasteiger partial charge in [-0.1, -0.05) is 18.2 Å². The molecule has 2 heterocycles. The van der Waals surface area contributed by atoms with Crippen molar-refractivity contribution in [1.29, 1.82) is 0 Å². The predicted molar refractivity (Wildman–Crippen MR) is 156 cm³/mol. The van der Waals surface area contributed by atoms with Crippen LogP contribution in [0.5, 0.6) is 0 Å². The van der Waals surface area contributed by atoms with Gasteiger partial charge in [0, 0.05) is 34.4 Å². The summed E-state index contributed by atoms with van der Waals surface area (Å²) in [6, 6.07) is 14.2. The molecule has 5 aromatic rings. The van der Waals surface area contributed by atoms with Crippen molar-refractivity contribution in [3.63, 3.8) is 0 Å². The van der Waals surface area contributed by atoms with Gasteiger partial charge in [-0.2, -0.15) is 5.10 Å². The fraction of sp³-hybridized carbons (Fsp3) is 0.194. The van der Waals surface area contributed by atoms with E-state index in [1.165, 1.54) is 47.7 Å². The highest BCUT2D eigenvalue weighted by atomic mass is 32.2. The quantitative estimate of drug-likeness (QED) is 0.137. The Labute approximate surface area is 251 Å². The summed E-state index contributed by atoms with van der Waals surface area (Å²) in [5.74, 6) is -2.29. The summed E-state index contributed by atoms with van der Waals surface area (Å²) in [6.45, 7) is 1.91. The molecule has 0 spiro atoms. The van der Waals surface area contributed by atoms with Crippen LogP contribution in [0.3, 0.4) is 0 Å². The molecule has 0 aliphatic heterocycles. The normalized spacial score (nSPS) is 13.7. The van der Waals surface area contributed by atoms with Crippen molar-refractivity contribution in [2.75, 3.05) is 6.61 Å². The summed E-state index contributed by atoms with van der Waals surface area (Å²) >= 11 is -1.26. The Morgan fingerprint density at radius 3 is 2.58 bits per heavy atom. The van der Waals surface area contributed by atoms with Crippen LogP contribution in [0.4, 0.5) is 13.2 Å². The molecule has 2 aromatic heterocycles. The first-order chi connectivity index (χ1) is 20.7. The van der Waals surface area contributed by atoms with E-state index in [0.717, 1.165) is 24.1 Å². The van der Waals surface area contributed by atoms with Gasteiger partial charge < -0.3 is 9.29 Å². The van der Waals surface area contributed by atoms with Crippen molar-refractivity contribution in [3.8, 4) is 27.5 Å². The predicted octanol–water partition coefficient (Wildman–Crippen LogP) is 7.31. The zero-order valence-electron chi connectivity index (χ0n) is 22.7. The van der Waals surface area contributed by atoms with Crippen LogP contribution in [0.2, 0.25) is 0 Å². The Bertz CT molecular complexity index is 1880. The molecule has 0 amide bonds. The molecule has 1 aliphatic carbocycles. The molecule has 1 unspecified atom stereocenters. The lowest BCUT2D eigenvalue weighted by atomic mass is 9.95. The molecular weight excluding hydrogens is 599 g/mol. The van der Waals surface area contributed by atoms with E-state index in [0.29, 0.717) is 27.5 Å². The van der Waals surface area contributed by atoms with Gasteiger partial charge in [-0.3, -0.25) is 0 Å². The maximum atomic E-state index is 15.0. The first-order valence-corrected chi connectivity index (χ1v) is 15.4. The molecule has 0 bridgehead atoms. The van der Waals surface area contributed by atoms with Crippen molar-refractivity contribution in [3.05, 3.63) is 106 Å². The van der Waals surface area contributed by atoms with Gasteiger partial charge in [0.25, 0.3) is 0 Å². The summed E-state index contributed by atoms with van der Waals surface area (Å²) < 4.78 is 71.5. The molecular formula is C31H24F3N3O4S2. The van der Waals surface area contributed by atoms with Crippen molar-refractivity contribution in [1.82, 2.24) is 14.8 Å². The number of nitrogens with zero attached hydrogens (tertiary/aromatic N) is 3. The molecule has 43 heavy (non-hydrogen) atoms. The standard InChI is InChI=1S/C31H24F3N3O4S2/c1-2-41-30(38)26-16-42-31(35-26)37-29(18-7-8-18)23(12-17-6-11-27(43(39)40)25(34)13-17)28(36-37)20-9-10-24(33)22(15-20)19-4-3-5-21(32)14-19/h3-6,9-11,13-16,18H,2,7-8,12H2,1H3,(H,39,40). The van der Waals surface area contributed by atoms with E-state index in [2.05, 4.69) is 4.98 Å². The average Bonchev–Trinajstić information content (AvgIpc) is 3.56. The Morgan fingerprint density at radius 2 is 1.88 bits per heavy atom. The van der Waals surface area contributed by atoms with Crippen LogP contribution in [0, 0.1) is 17.5 Å². The van der Waals surface area contributed by atoms with Crippen LogP contribution >= 0.6 is 11.3 Å². The number of carbonyl (C=O) groups excluding carboxylic acids is 1. The van der Waals surface area contributed by atoms with Crippen LogP contribution in [0.25, 0.3) is 27.5 Å². The number of ether oxygens (including phenoxy) is 1. The van der Waals surface area contributed by atoms with Gasteiger partial charge in [-0.05, 0) is 73.4 Å². The first-order valence-electron chi connectivity index (χ1n) is 13.4. The third-order valence-corrected chi connectivity index (χ3v) is 8.61. The van der Waals surface area contributed by atoms with Gasteiger partial charge in [0.05, 0.1) is 18.0 Å². The van der Waals surface area contributed by atoms with Crippen LogP contribution in [0.1, 0.15) is 53.0 Å². The number of hydrogen-bond donors (Lipinski definition) is 1. The molecule has 1 fully saturated rings. The van der Waals surface area contributed by atoms with Crippen molar-refractivity contribution >= 4 is 28.4 Å². The maximum Gasteiger partial charge on any atom is 0.357 e. The second kappa shape index (κ2) is 11.9. The molecule has 12 heteroatoms. The van der Waals surface area contributed by atoms with Gasteiger partial charge in [0.15, 0.2) is 16.8 Å². The fourth-order valence-corrected chi connectivity index (χ4v) is 6.17. The minimum absolute atomic E-state index is 0.114. The number of benzene rings is 3. The van der Waals surface area contributed by atoms with Crippen LogP contribution < -0.4 is 0 Å². The fourth-order valence-electron chi connectivity index (χ4n) is 5.00. The zero-order valence-corrected chi connectivity index (χ0v) is 24.4. The molecule has 1 N–H and O–H groups in total. The summed E-state index contributed by atoms with van der Waals surface area (Å²) in [5, 5.41) is 6.93. The molecule has 1 saturated carbocycles. The molecule has 0 radical (unpaired) electrons. The summed E-state index contributed by atoms with van der Waals surface area (Å²) in [7, 11) is 0. The molecule has 7 nitrogen and oxygen atoms in total. The van der Waals surface area contributed by atoms with Crippen LogP contribution in [0.15, 0.2) is 70.9 Å². The first kappa shape index (κ1) is 29.0. The minimum atomic E-state index is -2.48. The van der Waals surface area contributed by atoms with Crippen LogP contribution in [-0.4, -0.2) is 36.1 Å². The summed E-state index contributed by atoms with van der Waals surface area (Å²) in [4.78, 5) is 16.5. The van der Waals surface area contributed by atoms with E-state index in [4.69, 9.17) is 9.84 Å². The lowest BCUT2D eigenvalue weighted by molar-refractivity contribution is 0.0520. The molecule has 220 valence electrons. The van der Waals surface area contributed by atoms with Crippen LogP contribution in [-0.2, 0) is 22.2 Å². The molecule has 0 saturated heterocycles. The maximum absolute atomic E-state index is 15.0. The Hall–Kier alpha value is -4.13. The number of esters is 1. The average molecular weight is 624 g/mol. The number of hydrogen-bond acceptors (Lipinski definition) is 6. The number of rotatable bonds is 9. The van der Waals surface area contributed by atoms with Gasteiger partial charge in [0.2, 0.25) is 5.13 Å². The number of aromatic nitrogens is 3. The monoisotopic (exact) mass is 623 g/mol. The highest BCUT2D eigenvalue weighted by Crippen LogP contribution is 2.46. The minimum Gasteiger partial charge on any atom is -0.461 e. The molecule has 3 aromatic carbocycles. The highest BCUT2D eigenvalue weighted by molar-refractivity contribution is 7.79. The third-order valence-electron chi connectivity index (χ3n) is 7.09.